The molecular formula is C37H47F4N3O6. The van der Waals surface area contributed by atoms with E-state index in [1.54, 1.807) is 33.3 Å². The van der Waals surface area contributed by atoms with E-state index < -0.39 is 35.2 Å². The van der Waals surface area contributed by atoms with Crippen LogP contribution < -0.4 is 16.0 Å². The molecule has 2 heterocycles. The summed E-state index contributed by atoms with van der Waals surface area (Å²) in [6.07, 6.45) is -2.91. The van der Waals surface area contributed by atoms with Crippen LogP contribution in [-0.4, -0.2) is 66.4 Å². The highest BCUT2D eigenvalue weighted by molar-refractivity contribution is 5.78. The lowest BCUT2D eigenvalue weighted by Gasteiger charge is -2.38. The molecule has 0 saturated carbocycles. The van der Waals surface area contributed by atoms with Crippen molar-refractivity contribution in [3.05, 3.63) is 86.1 Å². The molecule has 0 radical (unpaired) electrons. The van der Waals surface area contributed by atoms with E-state index in [0.29, 0.717) is 36.8 Å². The average molecular weight is 706 g/mol. The van der Waals surface area contributed by atoms with Gasteiger partial charge in [-0.05, 0) is 103 Å². The fourth-order valence-corrected chi connectivity index (χ4v) is 6.15. The number of aliphatic carboxylic acids is 1. The van der Waals surface area contributed by atoms with Gasteiger partial charge in [-0.25, -0.2) is 4.39 Å². The van der Waals surface area contributed by atoms with Crippen LogP contribution in [0.15, 0.2) is 41.3 Å². The number of methoxy groups -OCH3 is 2. The Labute approximate surface area is 290 Å². The Bertz CT molecular complexity index is 1730. The standard InChI is InChI=1S/C19H21FO3.C18H26F3N3O3/c1-11-5-7-16(23-4)13(3)18(11)15-9-12(2)19(20)14(10-15)6-8-17(21)22;1-11(2)6-15(17(22)26)24-8-12(4-5-23-9-13(10-23)27-3)14(7-16(24)25)18(19,20)21/h5,7,9-10H,6,8H2,1-4H3,(H,21,22);7-8,11,13,15H,4-6,9-10H2,1-3H3,(H2,22,26). The zero-order valence-electron chi connectivity index (χ0n) is 29.6. The molecule has 0 bridgehead atoms. The fourth-order valence-electron chi connectivity index (χ4n) is 6.15. The quantitative estimate of drug-likeness (QED) is 0.201. The van der Waals surface area contributed by atoms with Crippen molar-refractivity contribution in [1.82, 2.24) is 9.47 Å². The second-order valence-electron chi connectivity index (χ2n) is 13.1. The smallest absolute Gasteiger partial charge is 0.416 e. The van der Waals surface area contributed by atoms with E-state index in [1.807, 2.05) is 44.7 Å². The number of carboxylic acid groups (broad SMARTS) is 1. The van der Waals surface area contributed by atoms with Gasteiger partial charge in [0.15, 0.2) is 0 Å². The zero-order valence-corrected chi connectivity index (χ0v) is 29.6. The van der Waals surface area contributed by atoms with E-state index in [2.05, 4.69) is 0 Å². The van der Waals surface area contributed by atoms with Gasteiger partial charge in [0.2, 0.25) is 5.91 Å². The number of carbonyl (C=O) groups excluding carboxylic acids is 1. The Balaban J connectivity index is 0.000000274. The van der Waals surface area contributed by atoms with E-state index in [1.165, 1.54) is 0 Å². The van der Waals surface area contributed by atoms with Gasteiger partial charge in [-0.3, -0.25) is 19.3 Å². The number of likely N-dealkylation sites (tertiary alicyclic amines) is 1. The third-order valence-corrected chi connectivity index (χ3v) is 8.85. The minimum absolute atomic E-state index is 0.0158. The van der Waals surface area contributed by atoms with Crippen LogP contribution in [0, 0.1) is 32.5 Å². The zero-order chi connectivity index (χ0) is 37.5. The third-order valence-electron chi connectivity index (χ3n) is 8.85. The monoisotopic (exact) mass is 705 g/mol. The molecule has 274 valence electrons. The molecule has 1 aliphatic rings. The molecule has 1 amide bonds. The molecule has 0 aliphatic carbocycles. The number of benzene rings is 2. The number of nitrogens with two attached hydrogens (primary N) is 1. The summed E-state index contributed by atoms with van der Waals surface area (Å²) in [6, 6.07) is 7.03. The van der Waals surface area contributed by atoms with Gasteiger partial charge < -0.3 is 24.9 Å². The average Bonchev–Trinajstić information content (AvgIpc) is 3.00. The molecule has 1 atom stereocenters. The number of halogens is 4. The molecule has 1 fully saturated rings. The highest BCUT2D eigenvalue weighted by atomic mass is 19.4. The van der Waals surface area contributed by atoms with Crippen LogP contribution in [0.1, 0.15) is 66.1 Å². The molecule has 1 aromatic heterocycles. The second-order valence-corrected chi connectivity index (χ2v) is 13.1. The Morgan fingerprint density at radius 2 is 1.68 bits per heavy atom. The predicted octanol–water partition coefficient (Wildman–Crippen LogP) is 6.26. The number of alkyl halides is 3. The van der Waals surface area contributed by atoms with Crippen molar-refractivity contribution in [1.29, 1.82) is 0 Å². The number of carboxylic acids is 1. The lowest BCUT2D eigenvalue weighted by molar-refractivity contribution is -0.138. The van der Waals surface area contributed by atoms with Crippen LogP contribution in [-0.2, 0) is 33.3 Å². The van der Waals surface area contributed by atoms with Crippen LogP contribution in [0.3, 0.4) is 0 Å². The van der Waals surface area contributed by atoms with Crippen molar-refractivity contribution in [2.75, 3.05) is 33.9 Å². The van der Waals surface area contributed by atoms with E-state index in [4.69, 9.17) is 20.3 Å². The summed E-state index contributed by atoms with van der Waals surface area (Å²) < 4.78 is 66.0. The molecule has 9 nitrogen and oxygen atoms in total. The van der Waals surface area contributed by atoms with Crippen molar-refractivity contribution in [2.24, 2.45) is 11.7 Å². The normalized spacial score (nSPS) is 14.2. The first-order valence-electron chi connectivity index (χ1n) is 16.4. The molecule has 3 N–H and O–H groups in total. The number of rotatable bonds is 13. The Morgan fingerprint density at radius 3 is 2.22 bits per heavy atom. The van der Waals surface area contributed by atoms with Gasteiger partial charge in [0, 0.05) is 45.4 Å². The van der Waals surface area contributed by atoms with Gasteiger partial charge in [0.25, 0.3) is 5.56 Å². The molecule has 3 aromatic rings. The van der Waals surface area contributed by atoms with Crippen LogP contribution >= 0.6 is 0 Å². The van der Waals surface area contributed by atoms with Gasteiger partial charge in [-0.1, -0.05) is 19.9 Å². The lowest BCUT2D eigenvalue weighted by Crippen LogP contribution is -2.52. The maximum Gasteiger partial charge on any atom is 0.416 e. The van der Waals surface area contributed by atoms with E-state index in [9.17, 15) is 31.9 Å². The molecule has 4 rings (SSSR count). The van der Waals surface area contributed by atoms with E-state index in [-0.39, 0.29) is 49.1 Å². The highest BCUT2D eigenvalue weighted by Crippen LogP contribution is 2.35. The number of primary amides is 1. The topological polar surface area (TPSA) is 124 Å². The Kier molecular flexibility index (Phi) is 13.8. The molecule has 13 heteroatoms. The first kappa shape index (κ1) is 40.2. The maximum absolute atomic E-state index is 14.3. The summed E-state index contributed by atoms with van der Waals surface area (Å²) in [4.78, 5) is 36.8. The number of hydrogen-bond donors (Lipinski definition) is 2. The van der Waals surface area contributed by atoms with Crippen molar-refractivity contribution >= 4 is 11.9 Å². The number of hydrogen-bond acceptors (Lipinski definition) is 6. The van der Waals surface area contributed by atoms with Crippen LogP contribution in [0.5, 0.6) is 5.75 Å². The second kappa shape index (κ2) is 17.1. The minimum atomic E-state index is -4.64. The van der Waals surface area contributed by atoms with Gasteiger partial charge in [0.1, 0.15) is 17.6 Å². The van der Waals surface area contributed by atoms with E-state index >= 15 is 0 Å². The van der Waals surface area contributed by atoms with Gasteiger partial charge >= 0.3 is 12.1 Å². The van der Waals surface area contributed by atoms with Crippen LogP contribution in [0.4, 0.5) is 17.6 Å². The number of nitrogens with zero attached hydrogens (tertiary/aromatic N) is 2. The Hall–Kier alpha value is -4.23. The van der Waals surface area contributed by atoms with Crippen molar-refractivity contribution in [2.45, 2.75) is 78.6 Å². The number of aryl methyl sites for hydroxylation is 3. The first-order chi connectivity index (χ1) is 23.4. The molecule has 1 unspecified atom stereocenters. The van der Waals surface area contributed by atoms with E-state index in [0.717, 1.165) is 38.8 Å². The van der Waals surface area contributed by atoms with Crippen molar-refractivity contribution in [3.63, 3.8) is 0 Å². The molecule has 1 saturated heterocycles. The molecule has 0 spiro atoms. The van der Waals surface area contributed by atoms with Gasteiger partial charge in [-0.2, -0.15) is 13.2 Å². The lowest BCUT2D eigenvalue weighted by atomic mass is 9.91. The van der Waals surface area contributed by atoms with Gasteiger partial charge in [-0.15, -0.1) is 0 Å². The Morgan fingerprint density at radius 1 is 1.02 bits per heavy atom. The van der Waals surface area contributed by atoms with Gasteiger partial charge in [0.05, 0.1) is 18.8 Å². The number of ether oxygens (including phenoxy) is 2. The van der Waals surface area contributed by atoms with Crippen LogP contribution in [0.25, 0.3) is 11.1 Å². The third kappa shape index (κ3) is 10.2. The summed E-state index contributed by atoms with van der Waals surface area (Å²) in [5.41, 5.74) is 8.45. The SMILES string of the molecule is COC1CN(CCc2cn(C(CC(C)C)C(N)=O)c(=O)cc2C(F)(F)F)C1.COc1ccc(C)c(-c2cc(C)c(F)c(CCC(=O)O)c2)c1C. The summed E-state index contributed by atoms with van der Waals surface area (Å²) >= 11 is 0. The number of carbonyl (C=O) groups is 2. The summed E-state index contributed by atoms with van der Waals surface area (Å²) in [5, 5.41) is 8.84. The van der Waals surface area contributed by atoms with Crippen molar-refractivity contribution < 1.29 is 41.7 Å². The first-order valence-corrected chi connectivity index (χ1v) is 16.4. The molecular weight excluding hydrogens is 658 g/mol. The molecule has 1 aliphatic heterocycles. The van der Waals surface area contributed by atoms with Crippen molar-refractivity contribution in [3.8, 4) is 16.9 Å². The molecule has 2 aromatic carbocycles. The largest absolute Gasteiger partial charge is 0.496 e. The summed E-state index contributed by atoms with van der Waals surface area (Å²) in [6.45, 7) is 11.1. The number of amides is 1. The minimum Gasteiger partial charge on any atom is -0.496 e. The molecule has 50 heavy (non-hydrogen) atoms. The highest BCUT2D eigenvalue weighted by Gasteiger charge is 2.36. The summed E-state index contributed by atoms with van der Waals surface area (Å²) in [5.74, 6) is -1.16. The fraction of sp³-hybridized carbons (Fsp3) is 0.486. The number of aromatic nitrogens is 1. The van der Waals surface area contributed by atoms with Crippen LogP contribution in [0.2, 0.25) is 0 Å². The predicted molar refractivity (Wildman–Crippen MR) is 183 cm³/mol. The number of pyridine rings is 1. The summed E-state index contributed by atoms with van der Waals surface area (Å²) in [7, 11) is 3.22. The maximum atomic E-state index is 14.3.